The number of terminal acetylenes is 1. The third kappa shape index (κ3) is 7.22. The number of carbonyl (C=O) groups is 1. The molecule has 3 rings (SSSR count). The second-order valence-electron chi connectivity index (χ2n) is 7.24. The average molecular weight is 551 g/mol. The molecule has 1 N–H and O–H groups in total. The standard InChI is InChI=1S/C22H23Cl2NO2.C3H5Br.C2H2/c1-2-3-4-5-13-25-21(27)18-7-6-8-19(24)20(18)22(25,15-26)14-16-9-11-17(23)12-10-16;1-2-3-4;1-2/h3-4,6-12,26H,2,5,13-15H2,1H3;2-3H,1H3;1-2H/b4-3-;3-2+;. The van der Waals surface area contributed by atoms with E-state index in [1.165, 1.54) is 0 Å². The molecule has 1 heterocycles. The number of amides is 1. The summed E-state index contributed by atoms with van der Waals surface area (Å²) in [4.78, 5) is 16.7. The van der Waals surface area contributed by atoms with Gasteiger partial charge in [0.15, 0.2) is 0 Å². The lowest BCUT2D eigenvalue weighted by Gasteiger charge is -2.38. The van der Waals surface area contributed by atoms with Crippen LogP contribution in [0.1, 0.15) is 48.2 Å². The summed E-state index contributed by atoms with van der Waals surface area (Å²) in [6.45, 7) is 4.35. The maximum Gasteiger partial charge on any atom is 0.255 e. The topological polar surface area (TPSA) is 40.5 Å². The number of nitrogens with zero attached hydrogens (tertiary/aromatic N) is 1. The molecule has 176 valence electrons. The highest BCUT2D eigenvalue weighted by atomic mass is 79.9. The summed E-state index contributed by atoms with van der Waals surface area (Å²) >= 11 is 15.6. The molecule has 6 heteroatoms. The summed E-state index contributed by atoms with van der Waals surface area (Å²) in [7, 11) is 0. The van der Waals surface area contributed by atoms with Gasteiger partial charge >= 0.3 is 0 Å². The molecule has 0 fully saturated rings. The Hall–Kier alpha value is -2.03. The molecule has 1 atom stereocenters. The Morgan fingerprint density at radius 3 is 2.30 bits per heavy atom. The van der Waals surface area contributed by atoms with Crippen molar-refractivity contribution in [1.82, 2.24) is 4.90 Å². The molecule has 1 unspecified atom stereocenters. The second kappa shape index (κ2) is 15.0. The van der Waals surface area contributed by atoms with Crippen LogP contribution in [-0.4, -0.2) is 29.1 Å². The minimum Gasteiger partial charge on any atom is -0.394 e. The van der Waals surface area contributed by atoms with Gasteiger partial charge < -0.3 is 10.0 Å². The van der Waals surface area contributed by atoms with Crippen LogP contribution in [0.3, 0.4) is 0 Å². The van der Waals surface area contributed by atoms with E-state index in [1.807, 2.05) is 42.3 Å². The van der Waals surface area contributed by atoms with Gasteiger partial charge in [0.05, 0.1) is 12.1 Å². The first-order valence-electron chi connectivity index (χ1n) is 10.6. The van der Waals surface area contributed by atoms with Gasteiger partial charge in [-0.1, -0.05) is 82.5 Å². The molecule has 1 aliphatic heterocycles. The van der Waals surface area contributed by atoms with Crippen LogP contribution in [0, 0.1) is 12.8 Å². The molecular formula is C27H30BrCl2NO2. The number of aliphatic hydroxyl groups is 1. The van der Waals surface area contributed by atoms with Gasteiger partial charge in [-0.15, -0.1) is 12.8 Å². The number of hydrogen-bond donors (Lipinski definition) is 1. The van der Waals surface area contributed by atoms with Crippen molar-refractivity contribution >= 4 is 45.0 Å². The van der Waals surface area contributed by atoms with Gasteiger partial charge in [0.1, 0.15) is 0 Å². The minimum absolute atomic E-state index is 0.0830. The summed E-state index contributed by atoms with van der Waals surface area (Å²) in [5.41, 5.74) is 1.40. The molecule has 2 aromatic carbocycles. The Bertz CT molecular complexity index is 966. The van der Waals surface area contributed by atoms with Gasteiger partial charge in [0.25, 0.3) is 5.91 Å². The molecule has 0 radical (unpaired) electrons. The lowest BCUT2D eigenvalue weighted by molar-refractivity contribution is 0.0323. The predicted octanol–water partition coefficient (Wildman–Crippen LogP) is 7.40. The van der Waals surface area contributed by atoms with Gasteiger partial charge in [-0.25, -0.2) is 0 Å². The van der Waals surface area contributed by atoms with Crippen LogP contribution in [0.4, 0.5) is 0 Å². The van der Waals surface area contributed by atoms with Crippen LogP contribution in [-0.2, 0) is 12.0 Å². The number of fused-ring (bicyclic) bond motifs is 1. The SMILES string of the molecule is C#C.C/C=C/Br.CC/C=C\CCN1C(=O)c2cccc(Cl)c2C1(CO)Cc1ccc(Cl)cc1. The van der Waals surface area contributed by atoms with E-state index < -0.39 is 5.54 Å². The van der Waals surface area contributed by atoms with Crippen LogP contribution in [0.15, 0.2) is 65.7 Å². The van der Waals surface area contributed by atoms with Crippen LogP contribution < -0.4 is 0 Å². The smallest absolute Gasteiger partial charge is 0.255 e. The molecule has 0 bridgehead atoms. The van der Waals surface area contributed by atoms with E-state index in [9.17, 15) is 9.90 Å². The molecule has 1 amide bonds. The number of carbonyl (C=O) groups excluding carboxylic acids is 1. The van der Waals surface area contributed by atoms with Crippen molar-refractivity contribution in [3.8, 4) is 12.8 Å². The number of benzene rings is 2. The van der Waals surface area contributed by atoms with E-state index in [-0.39, 0.29) is 12.5 Å². The minimum atomic E-state index is -0.876. The molecule has 3 nitrogen and oxygen atoms in total. The number of rotatable bonds is 7. The Labute approximate surface area is 216 Å². The lowest BCUT2D eigenvalue weighted by Crippen LogP contribution is -2.48. The van der Waals surface area contributed by atoms with Crippen LogP contribution in [0.25, 0.3) is 0 Å². The monoisotopic (exact) mass is 549 g/mol. The molecule has 0 spiro atoms. The molecule has 0 saturated carbocycles. The summed E-state index contributed by atoms with van der Waals surface area (Å²) in [5.74, 6) is -0.0830. The summed E-state index contributed by atoms with van der Waals surface area (Å²) < 4.78 is 0. The van der Waals surface area contributed by atoms with Crippen molar-refractivity contribution in [2.24, 2.45) is 0 Å². The number of hydrogen-bond acceptors (Lipinski definition) is 2. The zero-order valence-electron chi connectivity index (χ0n) is 19.0. The average Bonchev–Trinajstić information content (AvgIpc) is 3.08. The van der Waals surface area contributed by atoms with Crippen molar-refractivity contribution in [3.63, 3.8) is 0 Å². The normalized spacial score (nSPS) is 16.8. The predicted molar refractivity (Wildman–Crippen MR) is 144 cm³/mol. The quantitative estimate of drug-likeness (QED) is 0.288. The highest BCUT2D eigenvalue weighted by Crippen LogP contribution is 2.45. The Balaban J connectivity index is 0.000000820. The van der Waals surface area contributed by atoms with Crippen molar-refractivity contribution in [3.05, 3.63) is 92.4 Å². The molecule has 2 aromatic rings. The van der Waals surface area contributed by atoms with Crippen LogP contribution >= 0.6 is 39.1 Å². The van der Waals surface area contributed by atoms with E-state index in [2.05, 4.69) is 47.9 Å². The molecule has 0 aromatic heterocycles. The number of aliphatic hydroxyl groups excluding tert-OH is 1. The molecule has 0 saturated heterocycles. The largest absolute Gasteiger partial charge is 0.394 e. The Kier molecular flexibility index (Phi) is 13.2. The third-order valence-corrected chi connectivity index (χ3v) is 6.29. The van der Waals surface area contributed by atoms with Crippen LogP contribution in [0.5, 0.6) is 0 Å². The van der Waals surface area contributed by atoms with E-state index in [1.54, 1.807) is 23.1 Å². The highest BCUT2D eigenvalue weighted by molar-refractivity contribution is 9.11. The van der Waals surface area contributed by atoms with Crippen molar-refractivity contribution < 1.29 is 9.90 Å². The zero-order valence-corrected chi connectivity index (χ0v) is 22.1. The van der Waals surface area contributed by atoms with Crippen molar-refractivity contribution in [1.29, 1.82) is 0 Å². The first-order valence-corrected chi connectivity index (χ1v) is 12.3. The summed E-state index contributed by atoms with van der Waals surface area (Å²) in [6, 6.07) is 12.8. The third-order valence-electron chi connectivity index (χ3n) is 5.19. The van der Waals surface area contributed by atoms with E-state index >= 15 is 0 Å². The van der Waals surface area contributed by atoms with Gasteiger partial charge in [-0.05, 0) is 54.6 Å². The van der Waals surface area contributed by atoms with E-state index in [0.29, 0.717) is 34.1 Å². The number of allylic oxidation sites excluding steroid dienone is 2. The Morgan fingerprint density at radius 2 is 1.76 bits per heavy atom. The highest BCUT2D eigenvalue weighted by Gasteiger charge is 2.50. The van der Waals surface area contributed by atoms with Crippen molar-refractivity contribution in [2.45, 2.75) is 38.6 Å². The Morgan fingerprint density at radius 1 is 1.12 bits per heavy atom. The van der Waals surface area contributed by atoms with Gasteiger partial charge in [0.2, 0.25) is 0 Å². The zero-order chi connectivity index (χ0) is 24.9. The van der Waals surface area contributed by atoms with Crippen LogP contribution in [0.2, 0.25) is 10.0 Å². The maximum atomic E-state index is 13.1. The molecule has 33 heavy (non-hydrogen) atoms. The van der Waals surface area contributed by atoms with E-state index in [4.69, 9.17) is 23.2 Å². The van der Waals surface area contributed by atoms with Crippen molar-refractivity contribution in [2.75, 3.05) is 13.2 Å². The van der Waals surface area contributed by atoms with Gasteiger partial charge in [-0.3, -0.25) is 4.79 Å². The number of halogens is 3. The first-order chi connectivity index (χ1) is 15.9. The van der Waals surface area contributed by atoms with E-state index in [0.717, 1.165) is 18.4 Å². The van der Waals surface area contributed by atoms with Gasteiger partial charge in [-0.2, -0.15) is 0 Å². The maximum absolute atomic E-state index is 13.1. The fourth-order valence-electron chi connectivity index (χ4n) is 3.80. The molecule has 0 aliphatic carbocycles. The summed E-state index contributed by atoms with van der Waals surface area (Å²) in [6.07, 6.45) is 16.2. The summed E-state index contributed by atoms with van der Waals surface area (Å²) in [5, 5.41) is 11.7. The second-order valence-corrected chi connectivity index (χ2v) is 8.61. The first kappa shape index (κ1) is 29.0. The fraction of sp³-hybridized carbons (Fsp3) is 0.296. The molecular weight excluding hydrogens is 521 g/mol. The fourth-order valence-corrected chi connectivity index (χ4v) is 4.27. The lowest BCUT2D eigenvalue weighted by atomic mass is 9.84. The molecule has 1 aliphatic rings. The van der Waals surface area contributed by atoms with Gasteiger partial charge in [0, 0.05) is 34.1 Å².